The molecular formula is C19H16ClFN4O3. The Morgan fingerprint density at radius 1 is 1.25 bits per heavy atom. The van der Waals surface area contributed by atoms with Crippen LogP contribution in [0.4, 0.5) is 10.1 Å². The monoisotopic (exact) mass is 402 g/mol. The highest BCUT2D eigenvalue weighted by Crippen LogP contribution is 2.21. The van der Waals surface area contributed by atoms with Crippen LogP contribution < -0.4 is 11.1 Å². The molecular weight excluding hydrogens is 387 g/mol. The van der Waals surface area contributed by atoms with Crippen molar-refractivity contribution in [2.75, 3.05) is 5.32 Å². The number of amidine groups is 1. The molecule has 7 nitrogen and oxygen atoms in total. The Bertz CT molecular complexity index is 989. The Hall–Kier alpha value is -3.39. The molecule has 0 aliphatic heterocycles. The number of carbonyl (C=O) groups excluding carboxylic acids is 1. The van der Waals surface area contributed by atoms with Crippen LogP contribution in [0, 0.1) is 5.82 Å². The number of para-hydroxylation sites is 1. The van der Waals surface area contributed by atoms with Crippen LogP contribution in [-0.2, 0) is 16.2 Å². The Morgan fingerprint density at radius 2 is 2.00 bits per heavy atom. The summed E-state index contributed by atoms with van der Waals surface area (Å²) in [6.45, 7) is -0.00245. The first-order chi connectivity index (χ1) is 13.5. The third-order valence-corrected chi connectivity index (χ3v) is 3.86. The minimum Gasteiger partial charge on any atom is -0.444 e. The number of anilines is 1. The smallest absolute Gasteiger partial charge is 0.232 e. The van der Waals surface area contributed by atoms with E-state index < -0.39 is 0 Å². The summed E-state index contributed by atoms with van der Waals surface area (Å²) in [5.74, 6) is -0.401. The van der Waals surface area contributed by atoms with E-state index in [4.69, 9.17) is 26.6 Å². The highest BCUT2D eigenvalue weighted by atomic mass is 35.5. The summed E-state index contributed by atoms with van der Waals surface area (Å²) in [5.41, 5.74) is 7.28. The number of benzene rings is 2. The lowest BCUT2D eigenvalue weighted by Crippen LogP contribution is -2.22. The van der Waals surface area contributed by atoms with Crippen molar-refractivity contribution in [2.24, 2.45) is 10.9 Å². The topological polar surface area (TPSA) is 103 Å². The van der Waals surface area contributed by atoms with Crippen LogP contribution in [-0.4, -0.2) is 16.7 Å². The van der Waals surface area contributed by atoms with E-state index in [9.17, 15) is 9.18 Å². The molecule has 0 unspecified atom stereocenters. The molecule has 3 rings (SSSR count). The summed E-state index contributed by atoms with van der Waals surface area (Å²) in [6, 6.07) is 12.6. The van der Waals surface area contributed by atoms with Gasteiger partial charge in [-0.3, -0.25) is 4.79 Å². The summed E-state index contributed by atoms with van der Waals surface area (Å²) in [7, 11) is 0. The number of oxazole rings is 1. The van der Waals surface area contributed by atoms with Gasteiger partial charge in [0.15, 0.2) is 6.61 Å². The van der Waals surface area contributed by atoms with Gasteiger partial charge in [-0.15, -0.1) is 0 Å². The fourth-order valence-corrected chi connectivity index (χ4v) is 2.42. The molecule has 1 heterocycles. The lowest BCUT2D eigenvalue weighted by atomic mass is 10.2. The van der Waals surface area contributed by atoms with E-state index in [1.807, 2.05) is 0 Å². The fraction of sp³-hybridized carbons (Fsp3) is 0.105. The summed E-state index contributed by atoms with van der Waals surface area (Å²) < 4.78 is 18.3. The maximum atomic E-state index is 12.9. The van der Waals surface area contributed by atoms with Crippen LogP contribution in [0.15, 0.2) is 64.4 Å². The molecule has 9 heteroatoms. The van der Waals surface area contributed by atoms with Crippen molar-refractivity contribution in [2.45, 2.75) is 13.0 Å². The van der Waals surface area contributed by atoms with Gasteiger partial charge in [-0.05, 0) is 36.4 Å². The Labute approximate surface area is 165 Å². The average molecular weight is 403 g/mol. The van der Waals surface area contributed by atoms with Crippen LogP contribution >= 0.6 is 11.6 Å². The molecule has 1 amide bonds. The number of rotatable bonds is 7. The highest BCUT2D eigenvalue weighted by Gasteiger charge is 2.09. The molecule has 0 saturated carbocycles. The van der Waals surface area contributed by atoms with Gasteiger partial charge in [-0.1, -0.05) is 28.9 Å². The van der Waals surface area contributed by atoms with E-state index >= 15 is 0 Å². The first kappa shape index (κ1) is 19.4. The van der Waals surface area contributed by atoms with Gasteiger partial charge >= 0.3 is 0 Å². The Balaban J connectivity index is 1.49. The molecule has 144 valence electrons. The second kappa shape index (κ2) is 9.01. The van der Waals surface area contributed by atoms with E-state index in [0.717, 1.165) is 0 Å². The minimum absolute atomic E-state index is 0.00245. The minimum atomic E-state index is -0.377. The van der Waals surface area contributed by atoms with Gasteiger partial charge in [-0.25, -0.2) is 9.37 Å². The molecule has 0 fully saturated rings. The van der Waals surface area contributed by atoms with E-state index in [1.54, 1.807) is 36.4 Å². The zero-order valence-electron chi connectivity index (χ0n) is 14.6. The molecule has 0 atom stereocenters. The zero-order chi connectivity index (χ0) is 19.9. The van der Waals surface area contributed by atoms with Gasteiger partial charge in [0, 0.05) is 5.56 Å². The second-order valence-electron chi connectivity index (χ2n) is 5.71. The average Bonchev–Trinajstić information content (AvgIpc) is 3.13. The van der Waals surface area contributed by atoms with Gasteiger partial charge in [0.2, 0.25) is 11.8 Å². The van der Waals surface area contributed by atoms with E-state index in [-0.39, 0.29) is 30.6 Å². The van der Waals surface area contributed by atoms with Crippen molar-refractivity contribution in [3.63, 3.8) is 0 Å². The predicted octanol–water partition coefficient (Wildman–Crippen LogP) is 3.95. The SMILES string of the molecule is N/C(CC(=O)Nc1ccccc1Cl)=N/OCc1coc(-c2ccc(F)cc2)n1. The molecule has 0 radical (unpaired) electrons. The number of aromatic nitrogens is 1. The highest BCUT2D eigenvalue weighted by molar-refractivity contribution is 6.33. The second-order valence-corrected chi connectivity index (χ2v) is 6.12. The predicted molar refractivity (Wildman–Crippen MR) is 103 cm³/mol. The summed E-state index contributed by atoms with van der Waals surface area (Å²) >= 11 is 5.97. The molecule has 0 aliphatic carbocycles. The van der Waals surface area contributed by atoms with Crippen molar-refractivity contribution >= 4 is 29.0 Å². The van der Waals surface area contributed by atoms with E-state index in [1.165, 1.54) is 18.4 Å². The van der Waals surface area contributed by atoms with Crippen molar-refractivity contribution in [1.82, 2.24) is 4.98 Å². The number of nitrogens with one attached hydrogen (secondary N) is 1. The van der Waals surface area contributed by atoms with E-state index in [2.05, 4.69) is 15.5 Å². The third kappa shape index (κ3) is 5.31. The van der Waals surface area contributed by atoms with Gasteiger partial charge in [0.05, 0.1) is 17.1 Å². The lowest BCUT2D eigenvalue weighted by molar-refractivity contribution is -0.115. The van der Waals surface area contributed by atoms with Crippen LogP contribution in [0.1, 0.15) is 12.1 Å². The normalized spacial score (nSPS) is 11.3. The number of nitrogens with zero attached hydrogens (tertiary/aromatic N) is 2. The van der Waals surface area contributed by atoms with Gasteiger partial charge in [0.1, 0.15) is 23.6 Å². The van der Waals surface area contributed by atoms with Crippen LogP contribution in [0.2, 0.25) is 5.02 Å². The zero-order valence-corrected chi connectivity index (χ0v) is 15.3. The molecule has 2 aromatic carbocycles. The Kier molecular flexibility index (Phi) is 6.23. The number of carbonyl (C=O) groups is 1. The molecule has 0 bridgehead atoms. The molecule has 0 aliphatic rings. The van der Waals surface area contributed by atoms with Gasteiger partial charge in [0.25, 0.3) is 0 Å². The molecule has 0 saturated heterocycles. The number of hydrogen-bond donors (Lipinski definition) is 2. The first-order valence-electron chi connectivity index (χ1n) is 8.20. The number of halogens is 2. The standard InChI is InChI=1S/C19H16ClFN4O3/c20-15-3-1-2-4-16(15)24-18(26)9-17(22)25-28-11-14-10-27-19(23-14)12-5-7-13(21)8-6-12/h1-8,10H,9,11H2,(H2,22,25)(H,24,26). The molecule has 3 N–H and O–H groups in total. The summed E-state index contributed by atoms with van der Waals surface area (Å²) in [4.78, 5) is 21.3. The van der Waals surface area contributed by atoms with Gasteiger partial charge < -0.3 is 20.3 Å². The van der Waals surface area contributed by atoms with Crippen LogP contribution in [0.25, 0.3) is 11.5 Å². The summed E-state index contributed by atoms with van der Waals surface area (Å²) in [5, 5.41) is 6.74. The maximum absolute atomic E-state index is 12.9. The number of amides is 1. The van der Waals surface area contributed by atoms with Crippen LogP contribution in [0.5, 0.6) is 0 Å². The number of hydrogen-bond acceptors (Lipinski definition) is 5. The third-order valence-electron chi connectivity index (χ3n) is 3.53. The molecule has 1 aromatic heterocycles. The quantitative estimate of drug-likeness (QED) is 0.354. The first-order valence-corrected chi connectivity index (χ1v) is 8.58. The Morgan fingerprint density at radius 3 is 2.75 bits per heavy atom. The van der Waals surface area contributed by atoms with Crippen molar-refractivity contribution in [1.29, 1.82) is 0 Å². The van der Waals surface area contributed by atoms with Crippen LogP contribution in [0.3, 0.4) is 0 Å². The number of nitrogens with two attached hydrogens (primary N) is 1. The van der Waals surface area contributed by atoms with Crippen molar-refractivity contribution in [3.05, 3.63) is 71.3 Å². The van der Waals surface area contributed by atoms with Gasteiger partial charge in [-0.2, -0.15) is 0 Å². The lowest BCUT2D eigenvalue weighted by Gasteiger charge is -2.06. The van der Waals surface area contributed by atoms with E-state index in [0.29, 0.717) is 27.9 Å². The molecule has 0 spiro atoms. The fourth-order valence-electron chi connectivity index (χ4n) is 2.23. The summed E-state index contributed by atoms with van der Waals surface area (Å²) in [6.07, 6.45) is 1.24. The van der Waals surface area contributed by atoms with Crippen molar-refractivity contribution < 1.29 is 18.4 Å². The molecule has 3 aromatic rings. The number of oxime groups is 1. The van der Waals surface area contributed by atoms with Crippen molar-refractivity contribution in [3.8, 4) is 11.5 Å². The largest absolute Gasteiger partial charge is 0.444 e. The maximum Gasteiger partial charge on any atom is 0.232 e. The molecule has 28 heavy (non-hydrogen) atoms.